The minimum atomic E-state index is -0.295. The molecule has 3 nitrogen and oxygen atoms in total. The highest BCUT2D eigenvalue weighted by atomic mass is 35.5. The number of benzene rings is 2. The molecule has 160 valence electrons. The van der Waals surface area contributed by atoms with Crippen LogP contribution in [0.2, 0.25) is 5.02 Å². The predicted molar refractivity (Wildman–Crippen MR) is 126 cm³/mol. The molecule has 1 aliphatic carbocycles. The summed E-state index contributed by atoms with van der Waals surface area (Å²) in [4.78, 5) is 3.01. The number of hydrogen-bond donors (Lipinski definition) is 1. The fraction of sp³-hybridized carbons (Fsp3) is 0.346. The lowest BCUT2D eigenvalue weighted by Crippen LogP contribution is -2.15. The van der Waals surface area contributed by atoms with E-state index in [2.05, 4.69) is 55.6 Å². The number of hydrogen-bond acceptors (Lipinski definition) is 1. The van der Waals surface area contributed by atoms with Crippen LogP contribution < -0.4 is 0 Å². The molecular formula is C26H27ClFN3. The molecule has 0 atom stereocenters. The third-order valence-corrected chi connectivity index (χ3v) is 7.09. The van der Waals surface area contributed by atoms with E-state index in [4.69, 9.17) is 16.7 Å². The summed E-state index contributed by atoms with van der Waals surface area (Å²) in [6, 6.07) is 9.87. The molecule has 2 aromatic heterocycles. The Morgan fingerprint density at radius 3 is 2.52 bits per heavy atom. The fourth-order valence-electron chi connectivity index (χ4n) is 5.08. The summed E-state index contributed by atoms with van der Waals surface area (Å²) in [5.74, 6) is -0.295. The van der Waals surface area contributed by atoms with Crippen LogP contribution in [0.4, 0.5) is 4.39 Å². The second-order valence-electron chi connectivity index (χ2n) is 9.08. The first-order valence-corrected chi connectivity index (χ1v) is 11.4. The first-order chi connectivity index (χ1) is 14.9. The fourth-order valence-corrected chi connectivity index (χ4v) is 5.33. The van der Waals surface area contributed by atoms with Gasteiger partial charge in [-0.25, -0.2) is 9.07 Å². The second kappa shape index (κ2) is 7.23. The Hall–Kier alpha value is -2.59. The van der Waals surface area contributed by atoms with Gasteiger partial charge in [0.2, 0.25) is 0 Å². The molecule has 2 heterocycles. The predicted octanol–water partition coefficient (Wildman–Crippen LogP) is 7.16. The number of fused-ring (bicyclic) bond motifs is 2. The van der Waals surface area contributed by atoms with E-state index < -0.39 is 0 Å². The Balaban J connectivity index is 1.92. The molecule has 0 fully saturated rings. The van der Waals surface area contributed by atoms with Crippen LogP contribution in [-0.2, 0) is 24.7 Å². The number of aromatic amines is 1. The van der Waals surface area contributed by atoms with Gasteiger partial charge in [-0.3, -0.25) is 0 Å². The zero-order valence-corrected chi connectivity index (χ0v) is 19.2. The van der Waals surface area contributed by atoms with Gasteiger partial charge < -0.3 is 4.98 Å². The van der Waals surface area contributed by atoms with E-state index in [1.807, 2.05) is 6.07 Å². The number of aromatic nitrogens is 3. The molecule has 31 heavy (non-hydrogen) atoms. The highest BCUT2D eigenvalue weighted by Gasteiger charge is 2.37. The van der Waals surface area contributed by atoms with Crippen molar-refractivity contribution in [2.24, 2.45) is 0 Å². The number of aryl methyl sites for hydroxylation is 2. The summed E-state index contributed by atoms with van der Waals surface area (Å²) in [6.07, 6.45) is 5.51. The van der Waals surface area contributed by atoms with Crippen LogP contribution in [0.25, 0.3) is 27.8 Å². The molecule has 0 aliphatic heterocycles. The molecule has 1 aliphatic rings. The van der Waals surface area contributed by atoms with E-state index in [1.54, 1.807) is 6.20 Å². The minimum Gasteiger partial charge on any atom is -0.357 e. The minimum absolute atomic E-state index is 0.00393. The molecule has 5 rings (SSSR count). The van der Waals surface area contributed by atoms with Gasteiger partial charge in [-0.1, -0.05) is 57.5 Å². The molecule has 0 radical (unpaired) electrons. The average Bonchev–Trinajstić information content (AvgIpc) is 3.42. The number of rotatable bonds is 4. The summed E-state index contributed by atoms with van der Waals surface area (Å²) < 4.78 is 16.7. The number of H-pyrrole nitrogens is 1. The van der Waals surface area contributed by atoms with Crippen molar-refractivity contribution >= 4 is 22.5 Å². The molecular weight excluding hydrogens is 409 g/mol. The maximum atomic E-state index is 14.6. The van der Waals surface area contributed by atoms with E-state index in [-0.39, 0.29) is 11.2 Å². The van der Waals surface area contributed by atoms with Crippen LogP contribution in [0.15, 0.2) is 36.5 Å². The van der Waals surface area contributed by atoms with Crippen molar-refractivity contribution in [1.29, 1.82) is 0 Å². The average molecular weight is 436 g/mol. The molecule has 5 heteroatoms. The zero-order valence-electron chi connectivity index (χ0n) is 18.4. The van der Waals surface area contributed by atoms with E-state index in [0.717, 1.165) is 53.7 Å². The third-order valence-electron chi connectivity index (χ3n) is 6.79. The smallest absolute Gasteiger partial charge is 0.147 e. The highest BCUT2D eigenvalue weighted by Crippen LogP contribution is 2.46. The summed E-state index contributed by atoms with van der Waals surface area (Å²) in [7, 11) is 0. The Morgan fingerprint density at radius 1 is 1.13 bits per heavy atom. The number of para-hydroxylation sites is 1. The van der Waals surface area contributed by atoms with Gasteiger partial charge in [0.15, 0.2) is 0 Å². The van der Waals surface area contributed by atoms with Crippen LogP contribution >= 0.6 is 11.6 Å². The van der Waals surface area contributed by atoms with Gasteiger partial charge in [-0.15, -0.1) is 0 Å². The van der Waals surface area contributed by atoms with Crippen molar-refractivity contribution in [2.45, 2.75) is 58.8 Å². The highest BCUT2D eigenvalue weighted by molar-refractivity contribution is 6.36. The Kier molecular flexibility index (Phi) is 4.74. The second-order valence-corrected chi connectivity index (χ2v) is 9.49. The molecule has 0 saturated carbocycles. The monoisotopic (exact) mass is 435 g/mol. The first-order valence-electron chi connectivity index (χ1n) is 11.1. The standard InChI is InChI=1S/C26H27ClFN3/c1-5-15-8-7-9-16(6-2)23(15)31-24(18-12-13-26(3,4)25(18)30-31)17-10-11-20(28)22-21(17)19(27)14-29-22/h7-11,14,29H,5-6,12-13H2,1-4H3. The van der Waals surface area contributed by atoms with Gasteiger partial charge in [0, 0.05) is 28.1 Å². The summed E-state index contributed by atoms with van der Waals surface area (Å²) in [6.45, 7) is 8.88. The van der Waals surface area contributed by atoms with E-state index in [0.29, 0.717) is 10.5 Å². The summed E-state index contributed by atoms with van der Waals surface area (Å²) in [5.41, 5.74) is 8.49. The zero-order chi connectivity index (χ0) is 21.9. The molecule has 2 aromatic carbocycles. The van der Waals surface area contributed by atoms with Crippen LogP contribution in [0.5, 0.6) is 0 Å². The maximum Gasteiger partial charge on any atom is 0.147 e. The number of halogens is 2. The van der Waals surface area contributed by atoms with Crippen LogP contribution in [0.3, 0.4) is 0 Å². The molecule has 0 bridgehead atoms. The van der Waals surface area contributed by atoms with Crippen molar-refractivity contribution in [3.63, 3.8) is 0 Å². The number of nitrogens with one attached hydrogen (secondary N) is 1. The van der Waals surface area contributed by atoms with Crippen molar-refractivity contribution < 1.29 is 4.39 Å². The molecule has 0 unspecified atom stereocenters. The van der Waals surface area contributed by atoms with Gasteiger partial charge in [0.1, 0.15) is 5.82 Å². The topological polar surface area (TPSA) is 33.6 Å². The van der Waals surface area contributed by atoms with Crippen LogP contribution in [-0.4, -0.2) is 14.8 Å². The third kappa shape index (κ3) is 2.95. The Morgan fingerprint density at radius 2 is 1.84 bits per heavy atom. The van der Waals surface area contributed by atoms with Gasteiger partial charge in [-0.05, 0) is 48.9 Å². The van der Waals surface area contributed by atoms with E-state index in [1.165, 1.54) is 22.8 Å². The van der Waals surface area contributed by atoms with Crippen molar-refractivity contribution in [2.75, 3.05) is 0 Å². The maximum absolute atomic E-state index is 14.6. The first kappa shape index (κ1) is 20.3. The lowest BCUT2D eigenvalue weighted by Gasteiger charge is -2.19. The molecule has 1 N–H and O–H groups in total. The number of nitrogens with zero attached hydrogens (tertiary/aromatic N) is 2. The van der Waals surface area contributed by atoms with Crippen molar-refractivity contribution in [1.82, 2.24) is 14.8 Å². The summed E-state index contributed by atoms with van der Waals surface area (Å²) >= 11 is 6.56. The van der Waals surface area contributed by atoms with Crippen molar-refractivity contribution in [3.8, 4) is 16.9 Å². The lowest BCUT2D eigenvalue weighted by molar-refractivity contribution is 0.499. The van der Waals surface area contributed by atoms with Gasteiger partial charge in [0.25, 0.3) is 0 Å². The van der Waals surface area contributed by atoms with Crippen LogP contribution in [0, 0.1) is 5.82 Å². The lowest BCUT2D eigenvalue weighted by atomic mass is 9.91. The van der Waals surface area contributed by atoms with Crippen molar-refractivity contribution in [3.05, 3.63) is 69.8 Å². The SMILES string of the molecule is CCc1cccc(CC)c1-n1nc2c(c1-c1ccc(F)c3[nH]cc(Cl)c13)CCC2(C)C. The van der Waals surface area contributed by atoms with Gasteiger partial charge >= 0.3 is 0 Å². The van der Waals surface area contributed by atoms with Gasteiger partial charge in [0.05, 0.1) is 27.6 Å². The van der Waals surface area contributed by atoms with E-state index in [9.17, 15) is 4.39 Å². The normalized spacial score (nSPS) is 15.0. The Bertz CT molecular complexity index is 1290. The van der Waals surface area contributed by atoms with Crippen LogP contribution in [0.1, 0.15) is 56.5 Å². The quantitative estimate of drug-likeness (QED) is 0.362. The molecule has 0 amide bonds. The summed E-state index contributed by atoms with van der Waals surface area (Å²) in [5, 5.41) is 6.47. The Labute approximate surface area is 187 Å². The molecule has 0 spiro atoms. The van der Waals surface area contributed by atoms with E-state index >= 15 is 0 Å². The molecule has 0 saturated heterocycles. The molecule has 4 aromatic rings. The largest absolute Gasteiger partial charge is 0.357 e. The van der Waals surface area contributed by atoms with Gasteiger partial charge in [-0.2, -0.15) is 5.10 Å².